The van der Waals surface area contributed by atoms with E-state index >= 15 is 4.39 Å². The van der Waals surface area contributed by atoms with Crippen molar-refractivity contribution in [1.29, 1.82) is 0 Å². The number of fused-ring (bicyclic) bond motifs is 2. The molecule has 0 amide bonds. The Morgan fingerprint density at radius 1 is 0.974 bits per heavy atom. The van der Waals surface area contributed by atoms with Crippen molar-refractivity contribution >= 4 is 11.5 Å². The quantitative estimate of drug-likeness (QED) is 0.304. The molecule has 0 unspecified atom stereocenters. The number of halogens is 1. The number of ether oxygens (including phenoxy) is 2. The third-order valence-electron chi connectivity index (χ3n) is 9.53. The van der Waals surface area contributed by atoms with E-state index in [0.29, 0.717) is 12.2 Å². The van der Waals surface area contributed by atoms with Gasteiger partial charge in [0, 0.05) is 11.0 Å². The molecule has 1 fully saturated rings. The molecule has 4 heteroatoms. The second-order valence-electron chi connectivity index (χ2n) is 12.3. The van der Waals surface area contributed by atoms with Crippen molar-refractivity contribution < 1.29 is 18.7 Å². The van der Waals surface area contributed by atoms with Gasteiger partial charge in [-0.2, -0.15) is 0 Å². The van der Waals surface area contributed by atoms with E-state index in [9.17, 15) is 4.79 Å². The van der Waals surface area contributed by atoms with E-state index in [0.717, 1.165) is 66.5 Å². The van der Waals surface area contributed by atoms with Crippen LogP contribution in [0.2, 0.25) is 0 Å². The van der Waals surface area contributed by atoms with Gasteiger partial charge in [-0.1, -0.05) is 49.8 Å². The van der Waals surface area contributed by atoms with Gasteiger partial charge in [0.25, 0.3) is 0 Å². The summed E-state index contributed by atoms with van der Waals surface area (Å²) in [4.78, 5) is 12.4. The SMILES string of the molecule is COC(=O)[C@H]1CC[C@]12CCc1ccc(OCc3ccc(-c4cc(C)ccc4F)c(C4=CCCC4(C)C)c3)cc12. The summed E-state index contributed by atoms with van der Waals surface area (Å²) in [5.41, 5.74) is 8.53. The van der Waals surface area contributed by atoms with E-state index < -0.39 is 0 Å². The molecule has 6 rings (SSSR count). The van der Waals surface area contributed by atoms with Gasteiger partial charge in [0.2, 0.25) is 0 Å². The third kappa shape index (κ3) is 4.38. The van der Waals surface area contributed by atoms with Crippen LogP contribution in [0.3, 0.4) is 0 Å². The summed E-state index contributed by atoms with van der Waals surface area (Å²) < 4.78 is 26.5. The van der Waals surface area contributed by atoms with Crippen LogP contribution in [0.1, 0.15) is 73.8 Å². The van der Waals surface area contributed by atoms with E-state index in [1.807, 2.05) is 31.2 Å². The maximum Gasteiger partial charge on any atom is 0.309 e. The molecule has 2 atom stereocenters. The minimum atomic E-state index is -0.199. The normalized spacial score (nSPS) is 22.8. The maximum atomic E-state index is 15.0. The highest BCUT2D eigenvalue weighted by Crippen LogP contribution is 2.57. The number of carbonyl (C=O) groups excluding carboxylic acids is 1. The second-order valence-corrected chi connectivity index (χ2v) is 12.3. The summed E-state index contributed by atoms with van der Waals surface area (Å²) in [6, 6.07) is 18.0. The molecule has 39 heavy (non-hydrogen) atoms. The van der Waals surface area contributed by atoms with E-state index in [2.05, 4.69) is 44.2 Å². The zero-order valence-corrected chi connectivity index (χ0v) is 23.4. The monoisotopic (exact) mass is 524 g/mol. The molecule has 1 spiro atoms. The first-order valence-corrected chi connectivity index (χ1v) is 14.2. The summed E-state index contributed by atoms with van der Waals surface area (Å²) in [7, 11) is 1.49. The first-order valence-electron chi connectivity index (χ1n) is 14.2. The fourth-order valence-corrected chi connectivity index (χ4v) is 7.18. The van der Waals surface area contributed by atoms with Crippen molar-refractivity contribution in [2.75, 3.05) is 7.11 Å². The molecular formula is C35H37FO3. The number of hydrogen-bond donors (Lipinski definition) is 0. The number of allylic oxidation sites excluding steroid dienone is 2. The van der Waals surface area contributed by atoms with Crippen LogP contribution < -0.4 is 4.74 Å². The lowest BCUT2D eigenvalue weighted by Gasteiger charge is -2.46. The van der Waals surface area contributed by atoms with Crippen molar-refractivity contribution in [3.8, 4) is 16.9 Å². The molecule has 3 aromatic rings. The Labute approximate surface area is 231 Å². The van der Waals surface area contributed by atoms with Crippen LogP contribution in [-0.4, -0.2) is 13.1 Å². The maximum absolute atomic E-state index is 15.0. The number of methoxy groups -OCH3 is 1. The van der Waals surface area contributed by atoms with Crippen LogP contribution in [0.25, 0.3) is 16.7 Å². The molecule has 0 saturated heterocycles. The fourth-order valence-electron chi connectivity index (χ4n) is 7.18. The predicted molar refractivity (Wildman–Crippen MR) is 153 cm³/mol. The van der Waals surface area contributed by atoms with Crippen LogP contribution in [0.4, 0.5) is 4.39 Å². The first kappa shape index (κ1) is 25.9. The van der Waals surface area contributed by atoms with Gasteiger partial charge < -0.3 is 9.47 Å². The van der Waals surface area contributed by atoms with Crippen molar-refractivity contribution in [2.24, 2.45) is 11.3 Å². The summed E-state index contributed by atoms with van der Waals surface area (Å²) in [5.74, 6) is 0.471. The molecule has 3 aromatic carbocycles. The van der Waals surface area contributed by atoms with Crippen LogP contribution in [0.15, 0.2) is 60.7 Å². The Hall–Kier alpha value is -3.40. The van der Waals surface area contributed by atoms with Crippen molar-refractivity contribution in [2.45, 2.75) is 71.3 Å². The van der Waals surface area contributed by atoms with Gasteiger partial charge in [0.15, 0.2) is 0 Å². The fraction of sp³-hybridized carbons (Fsp3) is 0.400. The van der Waals surface area contributed by atoms with Crippen LogP contribution in [-0.2, 0) is 28.0 Å². The Balaban J connectivity index is 1.30. The summed E-state index contributed by atoms with van der Waals surface area (Å²) in [6.07, 6.45) is 8.33. The Bertz CT molecular complexity index is 1480. The highest BCUT2D eigenvalue weighted by atomic mass is 19.1. The van der Waals surface area contributed by atoms with Gasteiger partial charge in [-0.15, -0.1) is 0 Å². The second kappa shape index (κ2) is 9.66. The van der Waals surface area contributed by atoms with Gasteiger partial charge in [-0.3, -0.25) is 4.79 Å². The summed E-state index contributed by atoms with van der Waals surface area (Å²) in [6.45, 7) is 6.96. The number of carbonyl (C=O) groups is 1. The number of esters is 1. The standard InChI is InChI=1S/C35H37FO3/c1-22-7-12-32(36)28(18-22)26-11-8-23(19-27(26)29-6-5-15-34(29,2)3)21-39-25-10-9-24-13-16-35(31(24)20-25)17-14-30(35)33(37)38-4/h6-12,18-20,30H,5,13-17,21H2,1-4H3/t30-,35-/m1/s1. The lowest BCUT2D eigenvalue weighted by molar-refractivity contribution is -0.153. The molecule has 3 nitrogen and oxygen atoms in total. The highest BCUT2D eigenvalue weighted by Gasteiger charge is 2.55. The molecule has 0 N–H and O–H groups in total. The number of hydrogen-bond acceptors (Lipinski definition) is 3. The van der Waals surface area contributed by atoms with Crippen molar-refractivity contribution in [3.05, 3.63) is 94.3 Å². The number of rotatable bonds is 6. The van der Waals surface area contributed by atoms with E-state index in [1.54, 1.807) is 6.07 Å². The van der Waals surface area contributed by atoms with Gasteiger partial charge in [0.05, 0.1) is 13.0 Å². The molecule has 0 aromatic heterocycles. The van der Waals surface area contributed by atoms with Gasteiger partial charge in [-0.25, -0.2) is 4.39 Å². The van der Waals surface area contributed by atoms with Gasteiger partial charge >= 0.3 is 5.97 Å². The lowest BCUT2D eigenvalue weighted by Crippen LogP contribution is -2.47. The molecule has 0 bridgehead atoms. The summed E-state index contributed by atoms with van der Waals surface area (Å²) >= 11 is 0. The van der Waals surface area contributed by atoms with Gasteiger partial charge in [0.1, 0.15) is 18.2 Å². The summed E-state index contributed by atoms with van der Waals surface area (Å²) in [5, 5.41) is 0. The largest absolute Gasteiger partial charge is 0.489 e. The third-order valence-corrected chi connectivity index (χ3v) is 9.53. The van der Waals surface area contributed by atoms with Gasteiger partial charge in [-0.05, 0) is 115 Å². The molecule has 202 valence electrons. The number of benzene rings is 3. The zero-order valence-electron chi connectivity index (χ0n) is 23.4. The van der Waals surface area contributed by atoms with Crippen LogP contribution >= 0.6 is 0 Å². The number of aryl methyl sites for hydroxylation is 2. The van der Waals surface area contributed by atoms with E-state index in [-0.39, 0.29) is 28.5 Å². The topological polar surface area (TPSA) is 35.5 Å². The first-order chi connectivity index (χ1) is 18.7. The molecular weight excluding hydrogens is 487 g/mol. The molecule has 0 heterocycles. The minimum absolute atomic E-state index is 0.0295. The Morgan fingerprint density at radius 2 is 1.82 bits per heavy atom. The van der Waals surface area contributed by atoms with E-state index in [4.69, 9.17) is 9.47 Å². The molecule has 3 aliphatic carbocycles. The molecule has 0 radical (unpaired) electrons. The van der Waals surface area contributed by atoms with Crippen molar-refractivity contribution in [3.63, 3.8) is 0 Å². The Kier molecular flexibility index (Phi) is 6.40. The predicted octanol–water partition coefficient (Wildman–Crippen LogP) is 8.35. The average molecular weight is 525 g/mol. The molecule has 1 saturated carbocycles. The zero-order chi connectivity index (χ0) is 27.4. The van der Waals surface area contributed by atoms with Crippen molar-refractivity contribution in [1.82, 2.24) is 0 Å². The molecule has 3 aliphatic rings. The lowest BCUT2D eigenvalue weighted by atomic mass is 9.57. The van der Waals surface area contributed by atoms with Crippen LogP contribution in [0.5, 0.6) is 5.75 Å². The molecule has 0 aliphatic heterocycles. The van der Waals surface area contributed by atoms with E-state index in [1.165, 1.54) is 23.8 Å². The highest BCUT2D eigenvalue weighted by molar-refractivity contribution is 5.85. The average Bonchev–Trinajstić information content (AvgIpc) is 3.48. The Morgan fingerprint density at radius 3 is 2.54 bits per heavy atom. The smallest absolute Gasteiger partial charge is 0.309 e. The van der Waals surface area contributed by atoms with Crippen LogP contribution in [0, 0.1) is 24.1 Å². The minimum Gasteiger partial charge on any atom is -0.489 e.